The summed E-state index contributed by atoms with van der Waals surface area (Å²) in [5.74, 6) is 0.647. The first-order valence-electron chi connectivity index (χ1n) is 7.40. The largest absolute Gasteiger partial charge is 0.437 e. The monoisotopic (exact) mass is 353 g/mol. The molecule has 1 N–H and O–H groups in total. The first kappa shape index (κ1) is 16.8. The predicted molar refractivity (Wildman–Crippen MR) is 95.3 cm³/mol. The third-order valence-electron chi connectivity index (χ3n) is 3.30. The van der Waals surface area contributed by atoms with Crippen LogP contribution in [0.25, 0.3) is 0 Å². The van der Waals surface area contributed by atoms with Gasteiger partial charge in [-0.1, -0.05) is 6.07 Å². The number of benzene rings is 2. The Morgan fingerprint density at radius 2 is 1.92 bits per heavy atom. The van der Waals surface area contributed by atoms with Crippen LogP contribution in [0.3, 0.4) is 0 Å². The third-order valence-corrected chi connectivity index (χ3v) is 4.24. The number of nitrogens with zero attached hydrogens (tertiary/aromatic N) is 2. The molecule has 3 aromatic rings. The lowest BCUT2D eigenvalue weighted by Crippen LogP contribution is -2.11. The smallest absolute Gasteiger partial charge is 0.255 e. The van der Waals surface area contributed by atoms with Crippen molar-refractivity contribution in [1.29, 1.82) is 0 Å². The quantitative estimate of drug-likeness (QED) is 0.761. The van der Waals surface area contributed by atoms with Crippen molar-refractivity contribution >= 4 is 22.4 Å². The molecular weight excluding hydrogens is 338 g/mol. The van der Waals surface area contributed by atoms with Crippen molar-refractivity contribution in [3.05, 3.63) is 72.7 Å². The first-order valence-corrected chi connectivity index (χ1v) is 8.96. The summed E-state index contributed by atoms with van der Waals surface area (Å²) in [5.41, 5.74) is 1.07. The van der Waals surface area contributed by atoms with Crippen LogP contribution in [0.4, 0.5) is 5.69 Å². The van der Waals surface area contributed by atoms with Gasteiger partial charge in [0.2, 0.25) is 5.88 Å². The van der Waals surface area contributed by atoms with Crippen molar-refractivity contribution in [2.75, 3.05) is 11.6 Å². The highest BCUT2D eigenvalue weighted by Gasteiger charge is 2.08. The minimum Gasteiger partial charge on any atom is -0.437 e. The van der Waals surface area contributed by atoms with Crippen LogP contribution < -0.4 is 10.1 Å². The van der Waals surface area contributed by atoms with E-state index in [4.69, 9.17) is 4.74 Å². The molecule has 7 heteroatoms. The molecule has 1 amide bonds. The van der Waals surface area contributed by atoms with Gasteiger partial charge in [0.15, 0.2) is 0 Å². The zero-order chi connectivity index (χ0) is 17.6. The lowest BCUT2D eigenvalue weighted by atomic mass is 10.2. The highest BCUT2D eigenvalue weighted by Crippen LogP contribution is 2.22. The van der Waals surface area contributed by atoms with Crippen LogP contribution in [0.5, 0.6) is 11.6 Å². The van der Waals surface area contributed by atoms with Crippen LogP contribution >= 0.6 is 0 Å². The molecule has 0 fully saturated rings. The number of carbonyl (C=O) groups is 1. The summed E-state index contributed by atoms with van der Waals surface area (Å²) in [6.45, 7) is 0. The van der Waals surface area contributed by atoms with Gasteiger partial charge in [0.25, 0.3) is 5.91 Å². The molecule has 0 saturated heterocycles. The van der Waals surface area contributed by atoms with E-state index < -0.39 is 10.8 Å². The van der Waals surface area contributed by atoms with Crippen LogP contribution in [0.15, 0.2) is 72.0 Å². The molecule has 2 aromatic carbocycles. The Bertz CT molecular complexity index is 899. The number of ether oxygens (including phenoxy) is 1. The number of carbonyl (C=O) groups excluding carboxylic acids is 1. The van der Waals surface area contributed by atoms with Crippen LogP contribution in [-0.2, 0) is 10.8 Å². The van der Waals surface area contributed by atoms with Gasteiger partial charge in [0.05, 0.1) is 6.20 Å². The zero-order valence-corrected chi connectivity index (χ0v) is 14.2. The summed E-state index contributed by atoms with van der Waals surface area (Å²) in [4.78, 5) is 21.0. The normalized spacial score (nSPS) is 11.6. The molecule has 0 spiro atoms. The maximum absolute atomic E-state index is 12.3. The van der Waals surface area contributed by atoms with Gasteiger partial charge in [-0.3, -0.25) is 14.0 Å². The first-order chi connectivity index (χ1) is 12.1. The van der Waals surface area contributed by atoms with Crippen molar-refractivity contribution in [3.8, 4) is 11.6 Å². The molecule has 1 aromatic heterocycles. The number of amides is 1. The van der Waals surface area contributed by atoms with E-state index in [-0.39, 0.29) is 5.91 Å². The van der Waals surface area contributed by atoms with Crippen LogP contribution in [0.1, 0.15) is 10.4 Å². The number of aromatic nitrogens is 2. The van der Waals surface area contributed by atoms with E-state index in [9.17, 15) is 9.00 Å². The highest BCUT2D eigenvalue weighted by molar-refractivity contribution is 7.84. The number of nitrogens with one attached hydrogen (secondary N) is 1. The van der Waals surface area contributed by atoms with Crippen molar-refractivity contribution in [3.63, 3.8) is 0 Å². The van der Waals surface area contributed by atoms with Gasteiger partial charge in [-0.05, 0) is 36.4 Å². The van der Waals surface area contributed by atoms with Gasteiger partial charge in [-0.15, -0.1) is 0 Å². The second-order valence-corrected chi connectivity index (χ2v) is 6.49. The standard InChI is InChI=1S/C18H15N3O3S/c1-25(23)16-7-5-13(6-8-16)18(22)21-14-3-2-4-15(11-14)24-17-12-19-9-10-20-17/h2-12H,1H3,(H,21,22)/t25-/m1/s1. The molecule has 0 aliphatic heterocycles. The average molecular weight is 353 g/mol. The summed E-state index contributed by atoms with van der Waals surface area (Å²) in [6.07, 6.45) is 6.19. The number of hydrogen-bond donors (Lipinski definition) is 1. The van der Waals surface area contributed by atoms with Gasteiger partial charge >= 0.3 is 0 Å². The maximum atomic E-state index is 12.3. The van der Waals surface area contributed by atoms with Gasteiger partial charge in [-0.25, -0.2) is 4.98 Å². The molecule has 25 heavy (non-hydrogen) atoms. The number of anilines is 1. The van der Waals surface area contributed by atoms with Gasteiger partial charge in [0.1, 0.15) is 5.75 Å². The van der Waals surface area contributed by atoms with E-state index in [1.54, 1.807) is 61.0 Å². The average Bonchev–Trinajstić information content (AvgIpc) is 2.63. The van der Waals surface area contributed by atoms with E-state index in [1.165, 1.54) is 12.4 Å². The maximum Gasteiger partial charge on any atom is 0.255 e. The lowest BCUT2D eigenvalue weighted by Gasteiger charge is -2.08. The second kappa shape index (κ2) is 7.67. The van der Waals surface area contributed by atoms with E-state index in [2.05, 4.69) is 15.3 Å². The van der Waals surface area contributed by atoms with Gasteiger partial charge < -0.3 is 10.1 Å². The Labute approximate surface area is 147 Å². The molecule has 0 aliphatic rings. The molecule has 6 nitrogen and oxygen atoms in total. The molecule has 0 radical (unpaired) electrons. The molecule has 1 atom stereocenters. The fourth-order valence-corrected chi connectivity index (χ4v) is 2.62. The Morgan fingerprint density at radius 3 is 2.60 bits per heavy atom. The Hall–Kier alpha value is -3.06. The molecule has 126 valence electrons. The zero-order valence-electron chi connectivity index (χ0n) is 13.4. The molecule has 0 saturated carbocycles. The third kappa shape index (κ3) is 4.48. The van der Waals surface area contributed by atoms with E-state index >= 15 is 0 Å². The molecule has 1 heterocycles. The minimum atomic E-state index is -1.07. The number of rotatable bonds is 5. The fraction of sp³-hybridized carbons (Fsp3) is 0.0556. The summed E-state index contributed by atoms with van der Waals surface area (Å²) in [7, 11) is -1.07. The SMILES string of the molecule is C[S@@](=O)c1ccc(C(=O)Nc2cccc(Oc3cnccn3)c2)cc1. The molecule has 0 aliphatic carbocycles. The van der Waals surface area contributed by atoms with E-state index in [1.807, 2.05) is 0 Å². The van der Waals surface area contributed by atoms with E-state index in [0.717, 1.165) is 0 Å². The van der Waals surface area contributed by atoms with E-state index in [0.29, 0.717) is 27.8 Å². The van der Waals surface area contributed by atoms with Crippen LogP contribution in [-0.4, -0.2) is 26.3 Å². The van der Waals surface area contributed by atoms with Gasteiger partial charge in [-0.2, -0.15) is 0 Å². The summed E-state index contributed by atoms with van der Waals surface area (Å²) < 4.78 is 17.0. The fourth-order valence-electron chi connectivity index (χ4n) is 2.10. The molecule has 0 unspecified atom stereocenters. The Morgan fingerprint density at radius 1 is 1.12 bits per heavy atom. The van der Waals surface area contributed by atoms with Crippen molar-refractivity contribution < 1.29 is 13.7 Å². The number of hydrogen-bond acceptors (Lipinski definition) is 5. The summed E-state index contributed by atoms with van der Waals surface area (Å²) in [6, 6.07) is 13.6. The van der Waals surface area contributed by atoms with Crippen LogP contribution in [0.2, 0.25) is 0 Å². The van der Waals surface area contributed by atoms with Crippen molar-refractivity contribution in [2.45, 2.75) is 4.90 Å². The van der Waals surface area contributed by atoms with Crippen molar-refractivity contribution in [2.24, 2.45) is 0 Å². The highest BCUT2D eigenvalue weighted by atomic mass is 32.2. The predicted octanol–water partition coefficient (Wildman–Crippen LogP) is 3.26. The lowest BCUT2D eigenvalue weighted by molar-refractivity contribution is 0.102. The summed E-state index contributed by atoms with van der Waals surface area (Å²) >= 11 is 0. The molecular formula is C18H15N3O3S. The Balaban J connectivity index is 1.71. The van der Waals surface area contributed by atoms with Crippen molar-refractivity contribution in [1.82, 2.24) is 9.97 Å². The summed E-state index contributed by atoms with van der Waals surface area (Å²) in [5, 5.41) is 2.80. The molecule has 0 bridgehead atoms. The topological polar surface area (TPSA) is 81.2 Å². The van der Waals surface area contributed by atoms with Crippen LogP contribution in [0, 0.1) is 0 Å². The minimum absolute atomic E-state index is 0.259. The second-order valence-electron chi connectivity index (χ2n) is 5.11. The van der Waals surface area contributed by atoms with Gasteiger partial charge in [0, 0.05) is 51.7 Å². The Kier molecular flexibility index (Phi) is 5.15. The molecule has 3 rings (SSSR count).